The van der Waals surface area contributed by atoms with Crippen molar-refractivity contribution in [2.24, 2.45) is 0 Å². The maximum absolute atomic E-state index is 13.7. The van der Waals surface area contributed by atoms with Crippen molar-refractivity contribution in [1.29, 1.82) is 0 Å². The van der Waals surface area contributed by atoms with Gasteiger partial charge < -0.3 is 0 Å². The second-order valence-corrected chi connectivity index (χ2v) is 7.23. The summed E-state index contributed by atoms with van der Waals surface area (Å²) in [6.45, 7) is 2.77. The molecule has 4 heteroatoms. The number of hydrogen-bond acceptors (Lipinski definition) is 2. The van der Waals surface area contributed by atoms with Crippen LogP contribution in [0.1, 0.15) is 13.3 Å². The molecular weight excluding hydrogens is 340 g/mol. The Hall–Kier alpha value is -2.72. The van der Waals surface area contributed by atoms with Gasteiger partial charge in [-0.3, -0.25) is 9.80 Å². The average molecular weight is 360 g/mol. The Labute approximate surface area is 158 Å². The third-order valence-corrected chi connectivity index (χ3v) is 5.50. The normalized spacial score (nSPS) is 12.3. The van der Waals surface area contributed by atoms with E-state index in [4.69, 9.17) is 0 Å². The molecule has 3 nitrogen and oxygen atoms in total. The zero-order chi connectivity index (χ0) is 17.9. The van der Waals surface area contributed by atoms with Gasteiger partial charge in [-0.25, -0.2) is 4.79 Å². The molecule has 1 aliphatic heterocycles. The second-order valence-electron chi connectivity index (χ2n) is 6.14. The Kier molecular flexibility index (Phi) is 4.67. The lowest BCUT2D eigenvalue weighted by Gasteiger charge is -2.35. The van der Waals surface area contributed by atoms with Crippen molar-refractivity contribution < 1.29 is 4.79 Å². The number of para-hydroxylation sites is 3. The minimum atomic E-state index is -0.0155. The molecule has 1 heterocycles. The van der Waals surface area contributed by atoms with E-state index in [1.54, 1.807) is 11.8 Å². The van der Waals surface area contributed by atoms with E-state index in [1.807, 2.05) is 76.5 Å². The van der Waals surface area contributed by atoms with Crippen molar-refractivity contribution in [3.05, 3.63) is 78.9 Å². The van der Waals surface area contributed by atoms with Crippen LogP contribution >= 0.6 is 11.8 Å². The van der Waals surface area contributed by atoms with Gasteiger partial charge in [-0.15, -0.1) is 0 Å². The number of benzene rings is 3. The Morgan fingerprint density at radius 3 is 1.96 bits per heavy atom. The highest BCUT2D eigenvalue weighted by molar-refractivity contribution is 7.99. The van der Waals surface area contributed by atoms with Crippen molar-refractivity contribution in [1.82, 2.24) is 0 Å². The van der Waals surface area contributed by atoms with Crippen molar-refractivity contribution in [3.63, 3.8) is 0 Å². The Morgan fingerprint density at radius 2 is 1.38 bits per heavy atom. The van der Waals surface area contributed by atoms with E-state index in [1.165, 1.54) is 0 Å². The molecule has 2 amide bonds. The van der Waals surface area contributed by atoms with Crippen LogP contribution in [0.3, 0.4) is 0 Å². The highest BCUT2D eigenvalue weighted by Crippen LogP contribution is 2.48. The van der Waals surface area contributed by atoms with Crippen LogP contribution in [0.4, 0.5) is 21.9 Å². The highest BCUT2D eigenvalue weighted by Gasteiger charge is 2.31. The molecule has 0 bridgehead atoms. The fraction of sp³-hybridized carbons (Fsp3) is 0.136. The van der Waals surface area contributed by atoms with Crippen LogP contribution in [-0.4, -0.2) is 12.6 Å². The van der Waals surface area contributed by atoms with E-state index in [0.29, 0.717) is 6.54 Å². The first-order chi connectivity index (χ1) is 12.8. The highest BCUT2D eigenvalue weighted by atomic mass is 32.2. The maximum Gasteiger partial charge on any atom is 0.333 e. The first kappa shape index (κ1) is 16.7. The molecule has 1 aliphatic rings. The number of fused-ring (bicyclic) bond motifs is 2. The molecule has 0 unspecified atom stereocenters. The molecule has 26 heavy (non-hydrogen) atoms. The first-order valence-electron chi connectivity index (χ1n) is 8.82. The minimum absolute atomic E-state index is 0.0155. The summed E-state index contributed by atoms with van der Waals surface area (Å²) >= 11 is 1.71. The van der Waals surface area contributed by atoms with Gasteiger partial charge in [-0.1, -0.05) is 61.2 Å². The van der Waals surface area contributed by atoms with Crippen LogP contribution in [0.2, 0.25) is 0 Å². The third kappa shape index (κ3) is 2.97. The molecule has 0 N–H and O–H groups in total. The molecule has 0 saturated carbocycles. The molecule has 3 aromatic carbocycles. The molecule has 0 atom stereocenters. The number of hydrogen-bond donors (Lipinski definition) is 0. The maximum atomic E-state index is 13.7. The molecule has 0 aromatic heterocycles. The van der Waals surface area contributed by atoms with E-state index < -0.39 is 0 Å². The SMILES string of the molecule is CCCN(C(=O)N1c2ccccc2Sc2ccccc21)c1ccccc1. The standard InChI is InChI=1S/C22H20N2OS/c1-2-16-23(17-10-4-3-5-11-17)22(25)24-18-12-6-8-14-20(18)26-21-15-9-7-13-19(21)24/h3-15H,2,16H2,1H3. The lowest BCUT2D eigenvalue weighted by Crippen LogP contribution is -2.42. The van der Waals surface area contributed by atoms with Gasteiger partial charge >= 0.3 is 6.03 Å². The fourth-order valence-electron chi connectivity index (χ4n) is 3.20. The van der Waals surface area contributed by atoms with Crippen LogP contribution in [0, 0.1) is 0 Å². The van der Waals surface area contributed by atoms with Gasteiger partial charge in [0.2, 0.25) is 0 Å². The van der Waals surface area contributed by atoms with Gasteiger partial charge in [0.25, 0.3) is 0 Å². The molecule has 0 saturated heterocycles. The molecular formula is C22H20N2OS. The molecule has 0 spiro atoms. The Balaban J connectivity index is 1.82. The molecule has 0 radical (unpaired) electrons. The summed E-state index contributed by atoms with van der Waals surface area (Å²) in [6.07, 6.45) is 0.895. The van der Waals surface area contributed by atoms with Gasteiger partial charge in [0.15, 0.2) is 0 Å². The van der Waals surface area contributed by atoms with Crippen molar-refractivity contribution in [2.45, 2.75) is 23.1 Å². The third-order valence-electron chi connectivity index (χ3n) is 4.37. The average Bonchev–Trinajstić information content (AvgIpc) is 2.70. The summed E-state index contributed by atoms with van der Waals surface area (Å²) in [5, 5.41) is 0. The molecule has 0 aliphatic carbocycles. The van der Waals surface area contributed by atoms with Crippen LogP contribution in [-0.2, 0) is 0 Å². The predicted molar refractivity (Wildman–Crippen MR) is 109 cm³/mol. The van der Waals surface area contributed by atoms with E-state index in [0.717, 1.165) is 33.3 Å². The zero-order valence-corrected chi connectivity index (χ0v) is 15.4. The van der Waals surface area contributed by atoms with E-state index in [9.17, 15) is 4.79 Å². The van der Waals surface area contributed by atoms with Gasteiger partial charge in [0.05, 0.1) is 11.4 Å². The molecule has 0 fully saturated rings. The van der Waals surface area contributed by atoms with Crippen LogP contribution < -0.4 is 9.80 Å². The summed E-state index contributed by atoms with van der Waals surface area (Å²) in [4.78, 5) is 19.6. The van der Waals surface area contributed by atoms with Gasteiger partial charge in [-0.05, 0) is 42.8 Å². The van der Waals surface area contributed by atoms with Crippen molar-refractivity contribution >= 4 is 34.9 Å². The second kappa shape index (κ2) is 7.26. The first-order valence-corrected chi connectivity index (χ1v) is 9.64. The van der Waals surface area contributed by atoms with Crippen LogP contribution in [0.5, 0.6) is 0 Å². The zero-order valence-electron chi connectivity index (χ0n) is 14.6. The van der Waals surface area contributed by atoms with Crippen molar-refractivity contribution in [2.75, 3.05) is 16.3 Å². The van der Waals surface area contributed by atoms with E-state index in [-0.39, 0.29) is 6.03 Å². The number of amides is 2. The predicted octanol–water partition coefficient (Wildman–Crippen LogP) is 6.33. The number of carbonyl (C=O) groups is 1. The summed E-state index contributed by atoms with van der Waals surface area (Å²) in [5.41, 5.74) is 2.81. The van der Waals surface area contributed by atoms with Gasteiger partial charge in [0, 0.05) is 22.0 Å². The summed E-state index contributed by atoms with van der Waals surface area (Å²) < 4.78 is 0. The van der Waals surface area contributed by atoms with Crippen molar-refractivity contribution in [3.8, 4) is 0 Å². The number of anilines is 3. The van der Waals surface area contributed by atoms with Gasteiger partial charge in [0.1, 0.15) is 0 Å². The van der Waals surface area contributed by atoms with E-state index in [2.05, 4.69) is 19.1 Å². The van der Waals surface area contributed by atoms with Crippen LogP contribution in [0.15, 0.2) is 88.7 Å². The molecule has 3 aromatic rings. The fourth-order valence-corrected chi connectivity index (χ4v) is 4.26. The summed E-state index contributed by atoms with van der Waals surface area (Å²) in [5.74, 6) is 0. The van der Waals surface area contributed by atoms with E-state index >= 15 is 0 Å². The van der Waals surface area contributed by atoms with Crippen LogP contribution in [0.25, 0.3) is 0 Å². The largest absolute Gasteiger partial charge is 0.333 e. The Morgan fingerprint density at radius 1 is 0.846 bits per heavy atom. The van der Waals surface area contributed by atoms with Gasteiger partial charge in [-0.2, -0.15) is 0 Å². The number of rotatable bonds is 3. The topological polar surface area (TPSA) is 23.6 Å². The summed E-state index contributed by atoms with van der Waals surface area (Å²) in [7, 11) is 0. The number of urea groups is 1. The smallest absolute Gasteiger partial charge is 0.294 e. The number of nitrogens with zero attached hydrogens (tertiary/aromatic N) is 2. The molecule has 130 valence electrons. The Bertz CT molecular complexity index is 881. The quantitative estimate of drug-likeness (QED) is 0.545. The number of carbonyl (C=O) groups excluding carboxylic acids is 1. The monoisotopic (exact) mass is 360 g/mol. The lowest BCUT2D eigenvalue weighted by atomic mass is 10.2. The minimum Gasteiger partial charge on any atom is -0.294 e. The summed E-state index contributed by atoms with van der Waals surface area (Å²) in [6, 6.07) is 26.1. The molecule has 4 rings (SSSR count). The lowest BCUT2D eigenvalue weighted by molar-refractivity contribution is 0.253.